The highest BCUT2D eigenvalue weighted by Gasteiger charge is 2.13. The van der Waals surface area contributed by atoms with Crippen molar-refractivity contribution in [2.75, 3.05) is 12.8 Å². The fourth-order valence-corrected chi connectivity index (χ4v) is 1.96. The van der Waals surface area contributed by atoms with Gasteiger partial charge in [0.25, 0.3) is 0 Å². The minimum absolute atomic E-state index is 0.472. The van der Waals surface area contributed by atoms with Gasteiger partial charge in [0, 0.05) is 12.6 Å². The van der Waals surface area contributed by atoms with Crippen molar-refractivity contribution in [1.82, 2.24) is 9.55 Å². The molecule has 96 valence electrons. The summed E-state index contributed by atoms with van der Waals surface area (Å²) in [4.78, 5) is 4.13. The number of rotatable bonds is 3. The molecular formula is C14H19N3O. The fraction of sp³-hybridized carbons (Fsp3) is 0.357. The molecule has 0 bridgehead atoms. The molecule has 4 heteroatoms. The van der Waals surface area contributed by atoms with Gasteiger partial charge in [-0.3, -0.25) is 0 Å². The molecule has 2 aromatic rings. The Morgan fingerprint density at radius 3 is 2.56 bits per heavy atom. The number of nitrogen functional groups attached to an aromatic ring is 1. The van der Waals surface area contributed by atoms with E-state index in [1.807, 2.05) is 17.7 Å². The quantitative estimate of drug-likeness (QED) is 0.904. The van der Waals surface area contributed by atoms with Crippen LogP contribution >= 0.6 is 0 Å². The average molecular weight is 245 g/mol. The SMILES string of the molecule is COc1ccc(C(C)C)cc1-c1cnc(N)n1C. The molecule has 4 nitrogen and oxygen atoms in total. The number of nitrogens with two attached hydrogens (primary N) is 1. The first-order valence-electron chi connectivity index (χ1n) is 6.00. The van der Waals surface area contributed by atoms with E-state index < -0.39 is 0 Å². The van der Waals surface area contributed by atoms with Crippen LogP contribution in [-0.2, 0) is 7.05 Å². The second-order valence-corrected chi connectivity index (χ2v) is 4.68. The van der Waals surface area contributed by atoms with Gasteiger partial charge in [0.2, 0.25) is 0 Å². The standard InChI is InChI=1S/C14H19N3O/c1-9(2)10-5-6-13(18-4)11(7-10)12-8-16-14(15)17(12)3/h5-9H,1-4H3,(H2,15,16). The van der Waals surface area contributed by atoms with Crippen LogP contribution in [-0.4, -0.2) is 16.7 Å². The lowest BCUT2D eigenvalue weighted by molar-refractivity contribution is 0.416. The third-order valence-electron chi connectivity index (χ3n) is 3.19. The summed E-state index contributed by atoms with van der Waals surface area (Å²) in [6.07, 6.45) is 1.78. The highest BCUT2D eigenvalue weighted by atomic mass is 16.5. The van der Waals surface area contributed by atoms with Gasteiger partial charge in [-0.1, -0.05) is 19.9 Å². The third-order valence-corrected chi connectivity index (χ3v) is 3.19. The summed E-state index contributed by atoms with van der Waals surface area (Å²) in [7, 11) is 3.58. The van der Waals surface area contributed by atoms with Crippen molar-refractivity contribution in [2.24, 2.45) is 7.05 Å². The summed E-state index contributed by atoms with van der Waals surface area (Å²) in [5, 5.41) is 0. The molecule has 0 atom stereocenters. The molecule has 0 radical (unpaired) electrons. The molecule has 2 rings (SSSR count). The lowest BCUT2D eigenvalue weighted by Crippen LogP contribution is -2.00. The van der Waals surface area contributed by atoms with Gasteiger partial charge in [0.05, 0.1) is 19.0 Å². The van der Waals surface area contributed by atoms with E-state index in [0.29, 0.717) is 11.9 Å². The van der Waals surface area contributed by atoms with E-state index in [4.69, 9.17) is 10.5 Å². The molecule has 0 aliphatic heterocycles. The van der Waals surface area contributed by atoms with Crippen LogP contribution in [0.5, 0.6) is 5.75 Å². The second-order valence-electron chi connectivity index (χ2n) is 4.68. The number of anilines is 1. The number of methoxy groups -OCH3 is 1. The molecule has 0 amide bonds. The zero-order chi connectivity index (χ0) is 13.3. The van der Waals surface area contributed by atoms with Crippen LogP contribution in [0.15, 0.2) is 24.4 Å². The van der Waals surface area contributed by atoms with E-state index in [9.17, 15) is 0 Å². The lowest BCUT2D eigenvalue weighted by Gasteiger charge is -2.13. The maximum absolute atomic E-state index is 5.78. The monoisotopic (exact) mass is 245 g/mol. The number of imidazole rings is 1. The summed E-state index contributed by atoms with van der Waals surface area (Å²) in [6.45, 7) is 4.34. The lowest BCUT2D eigenvalue weighted by atomic mass is 9.99. The van der Waals surface area contributed by atoms with E-state index >= 15 is 0 Å². The Labute approximate surface area is 107 Å². The van der Waals surface area contributed by atoms with Gasteiger partial charge in [-0.2, -0.15) is 0 Å². The van der Waals surface area contributed by atoms with E-state index in [1.165, 1.54) is 5.56 Å². The minimum atomic E-state index is 0.472. The topological polar surface area (TPSA) is 53.1 Å². The molecular weight excluding hydrogens is 226 g/mol. The molecule has 1 heterocycles. The fourth-order valence-electron chi connectivity index (χ4n) is 1.96. The van der Waals surface area contributed by atoms with Crippen LogP contribution in [0.3, 0.4) is 0 Å². The maximum atomic E-state index is 5.78. The number of hydrogen-bond donors (Lipinski definition) is 1. The van der Waals surface area contributed by atoms with Crippen molar-refractivity contribution in [3.63, 3.8) is 0 Å². The minimum Gasteiger partial charge on any atom is -0.496 e. The number of nitrogens with zero attached hydrogens (tertiary/aromatic N) is 2. The first kappa shape index (κ1) is 12.5. The second kappa shape index (κ2) is 4.72. The van der Waals surface area contributed by atoms with Crippen molar-refractivity contribution in [1.29, 1.82) is 0 Å². The number of aromatic nitrogens is 2. The zero-order valence-electron chi connectivity index (χ0n) is 11.3. The summed E-state index contributed by atoms with van der Waals surface area (Å²) >= 11 is 0. The predicted octanol–water partition coefficient (Wildman–Crippen LogP) is 2.80. The smallest absolute Gasteiger partial charge is 0.200 e. The van der Waals surface area contributed by atoms with Crippen molar-refractivity contribution < 1.29 is 4.74 Å². The van der Waals surface area contributed by atoms with E-state index in [1.54, 1.807) is 13.3 Å². The molecule has 1 aromatic carbocycles. The van der Waals surface area contributed by atoms with E-state index in [0.717, 1.165) is 17.0 Å². The van der Waals surface area contributed by atoms with Crippen LogP contribution < -0.4 is 10.5 Å². The summed E-state index contributed by atoms with van der Waals surface area (Å²) in [6, 6.07) is 6.22. The summed E-state index contributed by atoms with van der Waals surface area (Å²) in [5.74, 6) is 1.81. The molecule has 0 aliphatic carbocycles. The van der Waals surface area contributed by atoms with Crippen molar-refractivity contribution in [3.05, 3.63) is 30.0 Å². The third kappa shape index (κ3) is 2.06. The van der Waals surface area contributed by atoms with Gasteiger partial charge in [-0.25, -0.2) is 4.98 Å². The Kier molecular flexibility index (Phi) is 3.28. The van der Waals surface area contributed by atoms with Crippen LogP contribution in [0.1, 0.15) is 25.3 Å². The molecule has 0 unspecified atom stereocenters. The van der Waals surface area contributed by atoms with Crippen LogP contribution in [0.2, 0.25) is 0 Å². The van der Waals surface area contributed by atoms with Gasteiger partial charge in [0.1, 0.15) is 5.75 Å². The Bertz CT molecular complexity index is 558. The molecule has 1 aromatic heterocycles. The highest BCUT2D eigenvalue weighted by Crippen LogP contribution is 2.33. The van der Waals surface area contributed by atoms with Crippen molar-refractivity contribution in [2.45, 2.75) is 19.8 Å². The number of hydrogen-bond acceptors (Lipinski definition) is 3. The highest BCUT2D eigenvalue weighted by molar-refractivity contribution is 5.69. The molecule has 0 fully saturated rings. The van der Waals surface area contributed by atoms with Gasteiger partial charge >= 0.3 is 0 Å². The Morgan fingerprint density at radius 1 is 1.33 bits per heavy atom. The molecule has 0 aliphatic rings. The Morgan fingerprint density at radius 2 is 2.06 bits per heavy atom. The first-order valence-corrected chi connectivity index (χ1v) is 6.00. The van der Waals surface area contributed by atoms with Crippen molar-refractivity contribution in [3.8, 4) is 17.0 Å². The summed E-state index contributed by atoms with van der Waals surface area (Å²) < 4.78 is 7.28. The molecule has 0 saturated carbocycles. The largest absolute Gasteiger partial charge is 0.496 e. The maximum Gasteiger partial charge on any atom is 0.200 e. The predicted molar refractivity (Wildman–Crippen MR) is 73.7 cm³/mol. The molecule has 2 N–H and O–H groups in total. The van der Waals surface area contributed by atoms with E-state index in [2.05, 4.69) is 31.0 Å². The summed E-state index contributed by atoms with van der Waals surface area (Å²) in [5.41, 5.74) is 9.04. The van der Waals surface area contributed by atoms with Gasteiger partial charge in [0.15, 0.2) is 5.95 Å². The Hall–Kier alpha value is -1.97. The van der Waals surface area contributed by atoms with Gasteiger partial charge in [-0.15, -0.1) is 0 Å². The van der Waals surface area contributed by atoms with Crippen molar-refractivity contribution >= 4 is 5.95 Å². The molecule has 0 spiro atoms. The normalized spacial score (nSPS) is 10.9. The number of ether oxygens (including phenoxy) is 1. The molecule has 0 saturated heterocycles. The van der Waals surface area contributed by atoms with Crippen LogP contribution in [0.25, 0.3) is 11.3 Å². The first-order chi connectivity index (χ1) is 8.54. The van der Waals surface area contributed by atoms with Crippen LogP contribution in [0, 0.1) is 0 Å². The van der Waals surface area contributed by atoms with Gasteiger partial charge < -0.3 is 15.0 Å². The molecule has 18 heavy (non-hydrogen) atoms. The number of benzene rings is 1. The van der Waals surface area contributed by atoms with E-state index in [-0.39, 0.29) is 0 Å². The zero-order valence-corrected chi connectivity index (χ0v) is 11.3. The van der Waals surface area contributed by atoms with Gasteiger partial charge in [-0.05, 0) is 23.6 Å². The Balaban J connectivity index is 2.60. The van der Waals surface area contributed by atoms with Crippen LogP contribution in [0.4, 0.5) is 5.95 Å². The average Bonchev–Trinajstić information content (AvgIpc) is 2.69.